The van der Waals surface area contributed by atoms with E-state index in [1.807, 2.05) is 50.2 Å². The fourth-order valence-corrected chi connectivity index (χ4v) is 2.24. The van der Waals surface area contributed by atoms with Gasteiger partial charge in [0, 0.05) is 0 Å². The molecule has 0 bridgehead atoms. The van der Waals surface area contributed by atoms with Gasteiger partial charge in [-0.25, -0.2) is 0 Å². The van der Waals surface area contributed by atoms with Gasteiger partial charge < -0.3 is 4.74 Å². The fourth-order valence-electron chi connectivity index (χ4n) is 1.57. The predicted molar refractivity (Wildman–Crippen MR) is 72.5 cm³/mol. The van der Waals surface area contributed by atoms with Crippen LogP contribution in [0.25, 0.3) is 0 Å². The highest BCUT2D eigenvalue weighted by Gasteiger charge is 2.10. The van der Waals surface area contributed by atoms with Crippen molar-refractivity contribution >= 4 is 23.2 Å². The molecule has 0 aliphatic carbocycles. The first-order chi connectivity index (χ1) is 8.08. The second kappa shape index (κ2) is 4.99. The number of hydrogen-bond donors (Lipinski definition) is 0. The Morgan fingerprint density at radius 1 is 0.941 bits per heavy atom. The van der Waals surface area contributed by atoms with E-state index in [9.17, 15) is 0 Å². The van der Waals surface area contributed by atoms with Crippen molar-refractivity contribution in [1.82, 2.24) is 0 Å². The van der Waals surface area contributed by atoms with Gasteiger partial charge in [-0.15, -0.1) is 0 Å². The largest absolute Gasteiger partial charge is 0.454 e. The van der Waals surface area contributed by atoms with Crippen LogP contribution in [0.1, 0.15) is 11.1 Å². The van der Waals surface area contributed by atoms with Crippen LogP contribution in [-0.4, -0.2) is 0 Å². The smallest absolute Gasteiger partial charge is 0.164 e. The van der Waals surface area contributed by atoms with E-state index in [2.05, 4.69) is 0 Å². The highest BCUT2D eigenvalue weighted by Crippen LogP contribution is 2.37. The summed E-state index contributed by atoms with van der Waals surface area (Å²) in [5.41, 5.74) is 2.05. The molecule has 2 aromatic rings. The molecule has 0 aliphatic heterocycles. The van der Waals surface area contributed by atoms with Crippen molar-refractivity contribution in [3.8, 4) is 11.5 Å². The third-order valence-electron chi connectivity index (χ3n) is 2.45. The second-order valence-corrected chi connectivity index (χ2v) is 4.74. The van der Waals surface area contributed by atoms with Crippen LogP contribution < -0.4 is 4.74 Å². The first-order valence-corrected chi connectivity index (χ1v) is 6.02. The molecule has 1 nitrogen and oxygen atoms in total. The van der Waals surface area contributed by atoms with Crippen molar-refractivity contribution in [3.63, 3.8) is 0 Å². The van der Waals surface area contributed by atoms with Crippen LogP contribution in [0.15, 0.2) is 36.4 Å². The Morgan fingerprint density at radius 2 is 1.53 bits per heavy atom. The van der Waals surface area contributed by atoms with Gasteiger partial charge in [0.25, 0.3) is 0 Å². The molecule has 3 heteroatoms. The topological polar surface area (TPSA) is 9.23 Å². The van der Waals surface area contributed by atoms with Crippen LogP contribution in [0.4, 0.5) is 0 Å². The van der Waals surface area contributed by atoms with Gasteiger partial charge in [0.15, 0.2) is 5.75 Å². The Kier molecular flexibility index (Phi) is 3.60. The van der Waals surface area contributed by atoms with Gasteiger partial charge in [-0.1, -0.05) is 41.4 Å². The van der Waals surface area contributed by atoms with E-state index in [1.165, 1.54) is 0 Å². The molecule has 0 atom stereocenters. The molecule has 0 aliphatic rings. The molecule has 2 aromatic carbocycles. The molecule has 0 unspecified atom stereocenters. The molecular weight excluding hydrogens is 255 g/mol. The predicted octanol–water partition coefficient (Wildman–Crippen LogP) is 5.40. The number of halogens is 2. The lowest BCUT2D eigenvalue weighted by molar-refractivity contribution is 0.479. The van der Waals surface area contributed by atoms with E-state index < -0.39 is 0 Å². The average molecular weight is 267 g/mol. The van der Waals surface area contributed by atoms with Crippen LogP contribution in [0.5, 0.6) is 11.5 Å². The molecule has 0 heterocycles. The van der Waals surface area contributed by atoms with Crippen LogP contribution in [0.2, 0.25) is 10.0 Å². The zero-order chi connectivity index (χ0) is 12.4. The summed E-state index contributed by atoms with van der Waals surface area (Å²) >= 11 is 12.3. The molecule has 0 radical (unpaired) electrons. The van der Waals surface area contributed by atoms with Gasteiger partial charge in [0.05, 0.1) is 10.0 Å². The molecular formula is C14H12Cl2O. The summed E-state index contributed by atoms with van der Waals surface area (Å²) in [5, 5.41) is 1.05. The Balaban J connectivity index is 2.40. The molecule has 0 fully saturated rings. The summed E-state index contributed by atoms with van der Waals surface area (Å²) in [6, 6.07) is 11.4. The minimum absolute atomic E-state index is 0.508. The maximum absolute atomic E-state index is 6.13. The van der Waals surface area contributed by atoms with Crippen molar-refractivity contribution < 1.29 is 4.74 Å². The van der Waals surface area contributed by atoms with Crippen LogP contribution in [0.3, 0.4) is 0 Å². The Morgan fingerprint density at radius 3 is 2.12 bits per heavy atom. The molecule has 0 saturated heterocycles. The van der Waals surface area contributed by atoms with Crippen molar-refractivity contribution in [2.24, 2.45) is 0 Å². The van der Waals surface area contributed by atoms with E-state index in [-0.39, 0.29) is 0 Å². The molecule has 0 N–H and O–H groups in total. The van der Waals surface area contributed by atoms with E-state index in [4.69, 9.17) is 27.9 Å². The summed E-state index contributed by atoms with van der Waals surface area (Å²) in [7, 11) is 0. The van der Waals surface area contributed by atoms with Crippen molar-refractivity contribution in [2.75, 3.05) is 0 Å². The minimum atomic E-state index is 0.508. The van der Waals surface area contributed by atoms with Gasteiger partial charge in [-0.3, -0.25) is 0 Å². The van der Waals surface area contributed by atoms with E-state index in [0.29, 0.717) is 15.8 Å². The summed E-state index contributed by atoms with van der Waals surface area (Å²) in [6.07, 6.45) is 0. The normalized spacial score (nSPS) is 10.4. The maximum Gasteiger partial charge on any atom is 0.164 e. The molecule has 88 valence electrons. The lowest BCUT2D eigenvalue weighted by Crippen LogP contribution is -1.90. The molecule has 0 amide bonds. The number of benzene rings is 2. The monoisotopic (exact) mass is 266 g/mol. The second-order valence-electron chi connectivity index (χ2n) is 3.93. The summed E-state index contributed by atoms with van der Waals surface area (Å²) in [5.74, 6) is 1.27. The molecule has 0 aromatic heterocycles. The minimum Gasteiger partial charge on any atom is -0.454 e. The average Bonchev–Trinajstić information content (AvgIpc) is 2.25. The van der Waals surface area contributed by atoms with E-state index in [0.717, 1.165) is 16.9 Å². The van der Waals surface area contributed by atoms with Crippen LogP contribution in [-0.2, 0) is 0 Å². The van der Waals surface area contributed by atoms with E-state index in [1.54, 1.807) is 0 Å². The fraction of sp³-hybridized carbons (Fsp3) is 0.143. The van der Waals surface area contributed by atoms with Gasteiger partial charge in [0.1, 0.15) is 5.75 Å². The Hall–Kier alpha value is -1.18. The summed E-state index contributed by atoms with van der Waals surface area (Å²) < 4.78 is 5.76. The zero-order valence-corrected chi connectivity index (χ0v) is 11.1. The summed E-state index contributed by atoms with van der Waals surface area (Å²) in [6.45, 7) is 3.92. The molecule has 2 rings (SSSR count). The third kappa shape index (κ3) is 2.74. The zero-order valence-electron chi connectivity index (χ0n) is 9.63. The Labute approximate surface area is 111 Å². The van der Waals surface area contributed by atoms with Crippen LogP contribution in [0, 0.1) is 13.8 Å². The highest BCUT2D eigenvalue weighted by atomic mass is 35.5. The number of ether oxygens (including phenoxy) is 1. The van der Waals surface area contributed by atoms with Gasteiger partial charge in [0.2, 0.25) is 0 Å². The first-order valence-electron chi connectivity index (χ1n) is 5.27. The first kappa shape index (κ1) is 12.3. The van der Waals surface area contributed by atoms with Gasteiger partial charge in [-0.2, -0.15) is 0 Å². The van der Waals surface area contributed by atoms with Crippen LogP contribution >= 0.6 is 23.2 Å². The molecule has 0 spiro atoms. The molecule has 0 saturated carbocycles. The quantitative estimate of drug-likeness (QED) is 0.707. The van der Waals surface area contributed by atoms with Gasteiger partial charge in [-0.05, 0) is 43.2 Å². The standard InChI is InChI=1S/C14H12Cl2O/c1-9-7-11(15)14(12(16)8-9)17-13-6-4-3-5-10(13)2/h3-8H,1-2H3. The maximum atomic E-state index is 6.13. The number of para-hydroxylation sites is 1. The number of hydrogen-bond acceptors (Lipinski definition) is 1. The third-order valence-corrected chi connectivity index (χ3v) is 3.01. The lowest BCUT2D eigenvalue weighted by Gasteiger charge is -2.12. The van der Waals surface area contributed by atoms with Gasteiger partial charge >= 0.3 is 0 Å². The lowest BCUT2D eigenvalue weighted by atomic mass is 10.2. The summed E-state index contributed by atoms with van der Waals surface area (Å²) in [4.78, 5) is 0. The number of rotatable bonds is 2. The molecule has 17 heavy (non-hydrogen) atoms. The van der Waals surface area contributed by atoms with Crippen molar-refractivity contribution in [1.29, 1.82) is 0 Å². The number of aryl methyl sites for hydroxylation is 2. The SMILES string of the molecule is Cc1cc(Cl)c(Oc2ccccc2C)c(Cl)c1. The Bertz CT molecular complexity index is 527. The van der Waals surface area contributed by atoms with E-state index >= 15 is 0 Å². The van der Waals surface area contributed by atoms with Crippen molar-refractivity contribution in [3.05, 3.63) is 57.6 Å². The highest BCUT2D eigenvalue weighted by molar-refractivity contribution is 6.37. The van der Waals surface area contributed by atoms with Crippen molar-refractivity contribution in [2.45, 2.75) is 13.8 Å².